The Hall–Kier alpha value is -0.913. The van der Waals surface area contributed by atoms with Gasteiger partial charge in [0.05, 0.1) is 18.6 Å². The van der Waals surface area contributed by atoms with E-state index in [1.165, 1.54) is 16.2 Å². The maximum atomic E-state index is 13.1. The first-order chi connectivity index (χ1) is 14.0. The minimum absolute atomic E-state index is 0.0739. The van der Waals surface area contributed by atoms with Gasteiger partial charge < -0.3 is 4.43 Å². The zero-order valence-corrected chi connectivity index (χ0v) is 23.3. The molecule has 178 valence electrons. The number of hydrogen-bond acceptors (Lipinski definition) is 3. The lowest BCUT2D eigenvalue weighted by atomic mass is 9.82. The number of hydrogen-bond donors (Lipinski definition) is 0. The molecule has 0 radical (unpaired) electrons. The maximum absolute atomic E-state index is 13.1. The van der Waals surface area contributed by atoms with Crippen LogP contribution in [-0.4, -0.2) is 39.5 Å². The zero-order chi connectivity index (χ0) is 24.2. The van der Waals surface area contributed by atoms with Crippen molar-refractivity contribution in [2.45, 2.75) is 93.0 Å². The number of rotatable bonds is 8. The molecular weight excluding hydrogens is 402 g/mol. The van der Waals surface area contributed by atoms with Gasteiger partial charge in [0.1, 0.15) is 0 Å². The maximum Gasteiger partial charge on any atom is 0.252 e. The van der Waals surface area contributed by atoms with E-state index in [0.29, 0.717) is 11.8 Å². The van der Waals surface area contributed by atoms with Crippen LogP contribution in [0.25, 0.3) is 0 Å². The topological polar surface area (TPSA) is 38.8 Å². The van der Waals surface area contributed by atoms with Crippen molar-refractivity contribution in [2.24, 2.45) is 28.6 Å². The number of amides is 1. The lowest BCUT2D eigenvalue weighted by Gasteiger charge is -2.40. The summed E-state index contributed by atoms with van der Waals surface area (Å²) in [7, 11) is 1.45. The van der Waals surface area contributed by atoms with Crippen LogP contribution in [0.4, 0.5) is 0 Å². The van der Waals surface area contributed by atoms with Gasteiger partial charge in [-0.05, 0) is 57.2 Å². The van der Waals surface area contributed by atoms with Gasteiger partial charge in [0.25, 0.3) is 5.91 Å². The second-order valence-electron chi connectivity index (χ2n) is 11.9. The fraction of sp³-hybridized carbons (Fsp3) is 0.808. The van der Waals surface area contributed by atoms with Crippen molar-refractivity contribution in [1.29, 1.82) is 0 Å². The zero-order valence-electron chi connectivity index (χ0n) is 22.3. The van der Waals surface area contributed by atoms with E-state index >= 15 is 0 Å². The lowest BCUT2D eigenvalue weighted by Crippen LogP contribution is -2.45. The molecule has 0 heterocycles. The molecule has 0 aromatic rings. The summed E-state index contributed by atoms with van der Waals surface area (Å²) in [5.74, 6) is 0.998. The van der Waals surface area contributed by atoms with E-state index in [0.717, 1.165) is 6.42 Å². The van der Waals surface area contributed by atoms with Gasteiger partial charge in [0.15, 0.2) is 8.32 Å². The molecule has 1 saturated carbocycles. The van der Waals surface area contributed by atoms with Crippen LogP contribution in [0.5, 0.6) is 0 Å². The molecule has 6 atom stereocenters. The third kappa shape index (κ3) is 4.22. The highest BCUT2D eigenvalue weighted by Crippen LogP contribution is 2.78. The Morgan fingerprint density at radius 1 is 1.32 bits per heavy atom. The molecule has 0 aromatic heterocycles. The van der Waals surface area contributed by atoms with E-state index in [-0.39, 0.29) is 28.4 Å². The molecule has 0 bridgehead atoms. The second-order valence-corrected chi connectivity index (χ2v) is 16.7. The number of fused-ring (bicyclic) bond motifs is 1. The molecule has 0 N–H and O–H groups in total. The smallest absolute Gasteiger partial charge is 0.252 e. The third-order valence-electron chi connectivity index (χ3n) is 8.92. The first-order valence-corrected chi connectivity index (χ1v) is 14.8. The molecule has 31 heavy (non-hydrogen) atoms. The largest absolute Gasteiger partial charge is 0.413 e. The summed E-state index contributed by atoms with van der Waals surface area (Å²) in [5.41, 5.74) is 2.23. The van der Waals surface area contributed by atoms with Gasteiger partial charge in [-0.3, -0.25) is 9.63 Å². The fourth-order valence-electron chi connectivity index (χ4n) is 5.75. The van der Waals surface area contributed by atoms with Gasteiger partial charge in [-0.1, -0.05) is 64.8 Å². The van der Waals surface area contributed by atoms with E-state index in [9.17, 15) is 4.79 Å². The summed E-state index contributed by atoms with van der Waals surface area (Å²) in [6.07, 6.45) is 5.99. The van der Waals surface area contributed by atoms with Crippen LogP contribution in [0.1, 0.15) is 68.7 Å². The molecule has 2 rings (SSSR count). The van der Waals surface area contributed by atoms with E-state index in [1.807, 2.05) is 0 Å². The Balaban J connectivity index is 2.26. The van der Waals surface area contributed by atoms with Gasteiger partial charge in [-0.2, -0.15) is 0 Å². The monoisotopic (exact) mass is 449 g/mol. The molecule has 0 aliphatic heterocycles. The normalized spacial score (nSPS) is 32.9. The summed E-state index contributed by atoms with van der Waals surface area (Å²) in [6.45, 7) is 24.9. The van der Waals surface area contributed by atoms with Crippen LogP contribution in [0.2, 0.25) is 18.1 Å². The predicted molar refractivity (Wildman–Crippen MR) is 132 cm³/mol. The quantitative estimate of drug-likeness (QED) is 0.238. The van der Waals surface area contributed by atoms with Gasteiger partial charge >= 0.3 is 0 Å². The molecule has 1 fully saturated rings. The Morgan fingerprint density at radius 2 is 1.87 bits per heavy atom. The van der Waals surface area contributed by atoms with Crippen molar-refractivity contribution >= 4 is 14.2 Å². The fourth-order valence-corrected chi connectivity index (χ4v) is 7.24. The Labute approximate surface area is 192 Å². The summed E-state index contributed by atoms with van der Waals surface area (Å²) in [4.78, 5) is 18.3. The first-order valence-electron chi connectivity index (χ1n) is 11.9. The Morgan fingerprint density at radius 3 is 2.32 bits per heavy atom. The molecule has 0 aromatic carbocycles. The SMILES string of the molecule is CC[C@@H](O[Si](C)(C)C(C)(C)C)[C@H](C)/C=C(\C)[C@H]1C(C)=C[C@@]2(C)[C@@H]1[C@]2(C)C(=O)N(C)OC. The van der Waals surface area contributed by atoms with Crippen molar-refractivity contribution < 1.29 is 14.1 Å². The Bertz CT molecular complexity index is 765. The van der Waals surface area contributed by atoms with Crippen LogP contribution in [0, 0.1) is 28.6 Å². The standard InChI is InChI=1S/C26H47NO3Si/c1-14-20(30-31(12,13)24(5,6)7)17(2)15-18(3)21-19(4)16-25(8)22(21)26(25,9)23(28)27(10)29-11/h15-17,20-22H,14H2,1-13H3/b18-15+/t17-,20-,21+,22-,25+,26-/m1/s1. The van der Waals surface area contributed by atoms with Gasteiger partial charge in [0.2, 0.25) is 0 Å². The summed E-state index contributed by atoms with van der Waals surface area (Å²) >= 11 is 0. The minimum atomic E-state index is -1.82. The van der Waals surface area contributed by atoms with Crippen LogP contribution >= 0.6 is 0 Å². The number of hydroxylamine groups is 2. The molecule has 2 aliphatic carbocycles. The number of nitrogens with zero attached hydrogens (tertiary/aromatic N) is 1. The first kappa shape index (κ1) is 26.3. The average molecular weight is 450 g/mol. The molecule has 0 unspecified atom stereocenters. The average Bonchev–Trinajstić information content (AvgIpc) is 2.96. The second kappa shape index (κ2) is 8.46. The van der Waals surface area contributed by atoms with E-state index in [2.05, 4.69) is 87.6 Å². The highest BCUT2D eigenvalue weighted by molar-refractivity contribution is 6.74. The summed E-state index contributed by atoms with van der Waals surface area (Å²) in [5, 5.41) is 1.60. The number of carbonyl (C=O) groups is 1. The van der Waals surface area contributed by atoms with Gasteiger partial charge in [-0.25, -0.2) is 5.06 Å². The van der Waals surface area contributed by atoms with Crippen LogP contribution < -0.4 is 0 Å². The van der Waals surface area contributed by atoms with E-state index in [4.69, 9.17) is 9.26 Å². The highest BCUT2D eigenvalue weighted by Gasteiger charge is 2.78. The summed E-state index contributed by atoms with van der Waals surface area (Å²) < 4.78 is 6.79. The molecular formula is C26H47NO3Si. The molecule has 0 spiro atoms. The molecule has 4 nitrogen and oxygen atoms in total. The Kier molecular flexibility index (Phi) is 7.19. The van der Waals surface area contributed by atoms with Gasteiger partial charge in [-0.15, -0.1) is 0 Å². The molecule has 0 saturated heterocycles. The van der Waals surface area contributed by atoms with Crippen LogP contribution in [-0.2, 0) is 14.1 Å². The van der Waals surface area contributed by atoms with Crippen molar-refractivity contribution in [2.75, 3.05) is 14.2 Å². The van der Waals surface area contributed by atoms with Crippen LogP contribution in [0.15, 0.2) is 23.3 Å². The van der Waals surface area contributed by atoms with Gasteiger partial charge in [0, 0.05) is 18.4 Å². The number of allylic oxidation sites excluding steroid dienone is 3. The lowest BCUT2D eigenvalue weighted by molar-refractivity contribution is -0.176. The summed E-state index contributed by atoms with van der Waals surface area (Å²) in [6, 6.07) is 0. The van der Waals surface area contributed by atoms with Crippen LogP contribution in [0.3, 0.4) is 0 Å². The highest BCUT2D eigenvalue weighted by atomic mass is 28.4. The number of carbonyl (C=O) groups excluding carboxylic acids is 1. The van der Waals surface area contributed by atoms with Crippen molar-refractivity contribution in [3.63, 3.8) is 0 Å². The van der Waals surface area contributed by atoms with Crippen molar-refractivity contribution in [3.05, 3.63) is 23.3 Å². The van der Waals surface area contributed by atoms with Crippen molar-refractivity contribution in [1.82, 2.24) is 5.06 Å². The molecule has 1 amide bonds. The minimum Gasteiger partial charge on any atom is -0.413 e. The van der Waals surface area contributed by atoms with Crippen molar-refractivity contribution in [3.8, 4) is 0 Å². The predicted octanol–water partition coefficient (Wildman–Crippen LogP) is 6.61. The molecule has 5 heteroatoms. The van der Waals surface area contributed by atoms with E-state index in [1.54, 1.807) is 14.2 Å². The third-order valence-corrected chi connectivity index (χ3v) is 13.4. The molecule has 2 aliphatic rings. The van der Waals surface area contributed by atoms with E-state index < -0.39 is 13.7 Å².